The molecule has 1 N–H and O–H groups in total. The summed E-state index contributed by atoms with van der Waals surface area (Å²) in [6.07, 6.45) is 9.60. The molecule has 0 heterocycles. The second-order valence-electron chi connectivity index (χ2n) is 16.6. The molecule has 5 nitrogen and oxygen atoms in total. The molecule has 45 heavy (non-hydrogen) atoms. The van der Waals surface area contributed by atoms with Crippen molar-refractivity contribution in [1.29, 1.82) is 0 Å². The number of rotatable bonds is 10. The fourth-order valence-electron chi connectivity index (χ4n) is 11.3. The molecule has 0 saturated heterocycles. The Morgan fingerprint density at radius 3 is 2.33 bits per heavy atom. The van der Waals surface area contributed by atoms with Gasteiger partial charge in [0.1, 0.15) is 6.10 Å². The van der Waals surface area contributed by atoms with Crippen molar-refractivity contribution in [3.05, 3.63) is 47.0 Å². The number of carbonyl (C=O) groups is 2. The Kier molecular flexibility index (Phi) is 9.74. The van der Waals surface area contributed by atoms with Crippen molar-refractivity contribution in [2.45, 2.75) is 138 Å². The van der Waals surface area contributed by atoms with Crippen LogP contribution in [0, 0.1) is 45.3 Å². The summed E-state index contributed by atoms with van der Waals surface area (Å²) in [4.78, 5) is 26.6. The highest BCUT2D eigenvalue weighted by molar-refractivity contribution is 5.89. The number of allylic oxidation sites excluding steroid dienone is 1. The maximum absolute atomic E-state index is 13.5. The normalized spacial score (nSPS) is 36.1. The molecule has 2 saturated carbocycles. The largest absolute Gasteiger partial charge is 0.466 e. The van der Waals surface area contributed by atoms with E-state index in [-0.39, 0.29) is 40.7 Å². The number of aliphatic hydroxyl groups is 1. The van der Waals surface area contributed by atoms with Crippen LogP contribution in [0.3, 0.4) is 0 Å². The second kappa shape index (κ2) is 12.8. The summed E-state index contributed by atoms with van der Waals surface area (Å²) >= 11 is 0. The highest BCUT2D eigenvalue weighted by Crippen LogP contribution is 2.73. The highest BCUT2D eigenvalue weighted by Gasteiger charge is 2.69. The number of carbonyl (C=O) groups excluding carboxylic acids is 2. The molecule has 0 aliphatic heterocycles. The van der Waals surface area contributed by atoms with Gasteiger partial charge in [-0.3, -0.25) is 4.79 Å². The molecule has 5 heteroatoms. The van der Waals surface area contributed by atoms with Crippen LogP contribution >= 0.6 is 0 Å². The summed E-state index contributed by atoms with van der Waals surface area (Å²) < 4.78 is 11.9. The molecule has 2 fully saturated rings. The minimum Gasteiger partial charge on any atom is -0.466 e. The van der Waals surface area contributed by atoms with Crippen molar-refractivity contribution in [1.82, 2.24) is 0 Å². The Morgan fingerprint density at radius 2 is 1.67 bits per heavy atom. The third-order valence-corrected chi connectivity index (χ3v) is 13.6. The van der Waals surface area contributed by atoms with Crippen LogP contribution in [0.5, 0.6) is 0 Å². The van der Waals surface area contributed by atoms with E-state index in [1.807, 2.05) is 37.3 Å². The van der Waals surface area contributed by atoms with E-state index in [1.165, 1.54) is 30.4 Å². The number of hydrogen-bond acceptors (Lipinski definition) is 5. The molecular weight excluding hydrogens is 560 g/mol. The molecule has 1 aromatic rings. The number of aliphatic hydroxyl groups excluding tert-OH is 1. The summed E-state index contributed by atoms with van der Waals surface area (Å²) in [5, 5.41) is 12.3. The van der Waals surface area contributed by atoms with Gasteiger partial charge in [0, 0.05) is 10.8 Å². The van der Waals surface area contributed by atoms with Gasteiger partial charge in [-0.25, -0.2) is 4.79 Å². The van der Waals surface area contributed by atoms with Crippen molar-refractivity contribution in [2.75, 3.05) is 6.61 Å². The molecule has 4 aliphatic rings. The number of hydrogen-bond donors (Lipinski definition) is 1. The smallest absolute Gasteiger partial charge is 0.338 e. The summed E-state index contributed by atoms with van der Waals surface area (Å²) in [6, 6.07) is 9.33. The Bertz CT molecular complexity index is 1260. The Hall–Kier alpha value is -2.14. The predicted octanol–water partition coefficient (Wildman–Crippen LogP) is 9.33. The molecule has 2 unspecified atom stereocenters. The van der Waals surface area contributed by atoms with Gasteiger partial charge in [-0.05, 0) is 98.5 Å². The maximum atomic E-state index is 13.5. The third-order valence-electron chi connectivity index (χ3n) is 13.6. The van der Waals surface area contributed by atoms with E-state index in [1.54, 1.807) is 0 Å². The van der Waals surface area contributed by atoms with Gasteiger partial charge in [-0.15, -0.1) is 0 Å². The van der Waals surface area contributed by atoms with Crippen molar-refractivity contribution in [3.8, 4) is 0 Å². The molecule has 0 spiro atoms. The quantitative estimate of drug-likeness (QED) is 0.208. The summed E-state index contributed by atoms with van der Waals surface area (Å²) in [5.41, 5.74) is 2.47. The average molecular weight is 621 g/mol. The van der Waals surface area contributed by atoms with E-state index in [9.17, 15) is 14.7 Å². The van der Waals surface area contributed by atoms with E-state index in [0.29, 0.717) is 35.8 Å². The van der Waals surface area contributed by atoms with Gasteiger partial charge in [-0.1, -0.05) is 97.1 Å². The summed E-state index contributed by atoms with van der Waals surface area (Å²) in [7, 11) is 0. The van der Waals surface area contributed by atoms with E-state index in [2.05, 4.69) is 48.5 Å². The molecule has 250 valence electrons. The number of fused-ring (bicyclic) bond motifs is 4. The van der Waals surface area contributed by atoms with Crippen LogP contribution in [-0.4, -0.2) is 35.9 Å². The third kappa shape index (κ3) is 5.72. The molecular formula is C40H60O5. The lowest BCUT2D eigenvalue weighted by Gasteiger charge is -2.63. The van der Waals surface area contributed by atoms with Crippen LogP contribution in [0.2, 0.25) is 0 Å². The van der Waals surface area contributed by atoms with E-state index >= 15 is 0 Å². The Morgan fingerprint density at radius 1 is 0.956 bits per heavy atom. The molecule has 5 rings (SSSR count). The fourth-order valence-corrected chi connectivity index (χ4v) is 11.3. The van der Waals surface area contributed by atoms with Crippen molar-refractivity contribution in [2.24, 2.45) is 45.3 Å². The average Bonchev–Trinajstić information content (AvgIpc) is 3.21. The Labute approximate surface area is 272 Å². The maximum Gasteiger partial charge on any atom is 0.338 e. The zero-order valence-corrected chi connectivity index (χ0v) is 29.4. The topological polar surface area (TPSA) is 72.8 Å². The highest BCUT2D eigenvalue weighted by atomic mass is 16.5. The first-order valence-electron chi connectivity index (χ1n) is 18.0. The predicted molar refractivity (Wildman–Crippen MR) is 180 cm³/mol. The molecule has 0 bridgehead atoms. The lowest BCUT2D eigenvalue weighted by molar-refractivity contribution is -0.152. The summed E-state index contributed by atoms with van der Waals surface area (Å²) in [5.74, 6) is 1.50. The van der Waals surface area contributed by atoms with E-state index < -0.39 is 11.5 Å². The molecule has 0 aromatic heterocycles. The van der Waals surface area contributed by atoms with Crippen LogP contribution < -0.4 is 0 Å². The first kappa shape index (κ1) is 34.2. The van der Waals surface area contributed by atoms with Gasteiger partial charge in [0.25, 0.3) is 0 Å². The van der Waals surface area contributed by atoms with Gasteiger partial charge in [0.05, 0.1) is 24.7 Å². The molecule has 4 aliphatic carbocycles. The molecule has 8 atom stereocenters. The summed E-state index contributed by atoms with van der Waals surface area (Å²) in [6.45, 7) is 18.7. The first-order chi connectivity index (χ1) is 21.2. The molecule has 0 amide bonds. The minimum absolute atomic E-state index is 0.0591. The fraction of sp³-hybridized carbons (Fsp3) is 0.750. The number of benzene rings is 1. The standard InChI is InChI=1S/C40H60O5/c1-9-44-35(42)25-40-30-18-19-32-37(5,6)34(45-36(43)28-16-11-10-12-17-28)21-22-38(32,7)29(30)20-23-39(40,8)31(24-33(40)41)27(4)15-13-14-26(2)3/h10-12,16-17,26-27,31-34,41H,9,13-15,18-25H2,1-8H3/t27-,31-,32?,33?,34+,38-,39-,40-/m1/s1. The van der Waals surface area contributed by atoms with Crippen LogP contribution in [0.4, 0.5) is 0 Å². The number of ether oxygens (including phenoxy) is 2. The van der Waals surface area contributed by atoms with Gasteiger partial charge in [0.15, 0.2) is 0 Å². The SMILES string of the molecule is CCOC(=O)C[C@]12C3=C(CC[C@]1(C)[C@@H]([C@H](C)CCCC(C)C)CC2O)[C@@]1(C)CC[C@H](OC(=O)c2ccccc2)C(C)(C)C1CC3. The van der Waals surface area contributed by atoms with Crippen molar-refractivity contribution >= 4 is 11.9 Å². The van der Waals surface area contributed by atoms with Gasteiger partial charge >= 0.3 is 11.9 Å². The van der Waals surface area contributed by atoms with Crippen LogP contribution in [0.15, 0.2) is 41.5 Å². The first-order valence-corrected chi connectivity index (χ1v) is 18.0. The lowest BCUT2D eigenvalue weighted by atomic mass is 9.42. The van der Waals surface area contributed by atoms with E-state index in [4.69, 9.17) is 9.47 Å². The second-order valence-corrected chi connectivity index (χ2v) is 16.6. The molecule has 0 radical (unpaired) electrons. The molecule has 1 aromatic carbocycles. The van der Waals surface area contributed by atoms with Crippen molar-refractivity contribution in [3.63, 3.8) is 0 Å². The van der Waals surface area contributed by atoms with Crippen LogP contribution in [0.25, 0.3) is 0 Å². The zero-order chi connectivity index (χ0) is 32.8. The van der Waals surface area contributed by atoms with Crippen LogP contribution in [0.1, 0.15) is 136 Å². The lowest BCUT2D eigenvalue weighted by Crippen LogP contribution is -2.57. The number of esters is 2. The monoisotopic (exact) mass is 620 g/mol. The minimum atomic E-state index is -0.585. The Balaban J connectivity index is 1.49. The van der Waals surface area contributed by atoms with Gasteiger partial charge in [0.2, 0.25) is 0 Å². The van der Waals surface area contributed by atoms with Crippen LogP contribution in [-0.2, 0) is 14.3 Å². The zero-order valence-electron chi connectivity index (χ0n) is 29.4. The van der Waals surface area contributed by atoms with Crippen molar-refractivity contribution < 1.29 is 24.2 Å². The van der Waals surface area contributed by atoms with Gasteiger partial charge < -0.3 is 14.6 Å². The van der Waals surface area contributed by atoms with E-state index in [0.717, 1.165) is 44.9 Å². The van der Waals surface area contributed by atoms with Gasteiger partial charge in [-0.2, -0.15) is 0 Å².